The normalized spacial score (nSPS) is 10.4. The van der Waals surface area contributed by atoms with Crippen molar-refractivity contribution < 1.29 is 4.42 Å². The van der Waals surface area contributed by atoms with Gasteiger partial charge in [-0.1, -0.05) is 0 Å². The third kappa shape index (κ3) is 2.39. The molecule has 0 spiro atoms. The van der Waals surface area contributed by atoms with Gasteiger partial charge in [0.2, 0.25) is 0 Å². The van der Waals surface area contributed by atoms with Crippen molar-refractivity contribution in [3.8, 4) is 0 Å². The van der Waals surface area contributed by atoms with Crippen LogP contribution in [0.5, 0.6) is 0 Å². The highest BCUT2D eigenvalue weighted by molar-refractivity contribution is 5.39. The summed E-state index contributed by atoms with van der Waals surface area (Å²) in [6.07, 6.45) is 1.76. The minimum atomic E-state index is 0.632. The van der Waals surface area contributed by atoms with Gasteiger partial charge in [-0.2, -0.15) is 0 Å². The topological polar surface area (TPSA) is 51.0 Å². The van der Waals surface area contributed by atoms with Crippen molar-refractivity contribution in [2.45, 2.75) is 27.3 Å². The number of hydrogen-bond donors (Lipinski definition) is 1. The average molecular weight is 217 g/mol. The molecule has 0 atom stereocenters. The zero-order chi connectivity index (χ0) is 11.5. The first-order valence-electron chi connectivity index (χ1n) is 5.24. The predicted molar refractivity (Wildman–Crippen MR) is 62.3 cm³/mol. The van der Waals surface area contributed by atoms with Crippen molar-refractivity contribution in [3.05, 3.63) is 41.2 Å². The average Bonchev–Trinajstić information content (AvgIpc) is 2.66. The number of rotatable bonds is 3. The molecule has 2 rings (SSSR count). The highest BCUT2D eigenvalue weighted by Gasteiger charge is 2.03. The lowest BCUT2D eigenvalue weighted by atomic mass is 10.4. The maximum atomic E-state index is 5.46. The zero-order valence-corrected chi connectivity index (χ0v) is 9.74. The molecule has 84 valence electrons. The van der Waals surface area contributed by atoms with E-state index in [1.807, 2.05) is 32.9 Å². The van der Waals surface area contributed by atoms with Gasteiger partial charge in [-0.3, -0.25) is 4.98 Å². The molecular formula is C12H15N3O. The van der Waals surface area contributed by atoms with Crippen molar-refractivity contribution in [3.63, 3.8) is 0 Å². The summed E-state index contributed by atoms with van der Waals surface area (Å²) in [7, 11) is 0. The van der Waals surface area contributed by atoms with Gasteiger partial charge in [-0.25, -0.2) is 4.98 Å². The van der Waals surface area contributed by atoms with Gasteiger partial charge in [0.05, 0.1) is 17.9 Å². The Morgan fingerprint density at radius 1 is 1.25 bits per heavy atom. The third-order valence-corrected chi connectivity index (χ3v) is 2.30. The van der Waals surface area contributed by atoms with E-state index in [0.29, 0.717) is 6.54 Å². The molecule has 2 heterocycles. The Morgan fingerprint density at radius 2 is 2.06 bits per heavy atom. The fourth-order valence-electron chi connectivity index (χ4n) is 1.46. The first kappa shape index (κ1) is 10.7. The van der Waals surface area contributed by atoms with Gasteiger partial charge < -0.3 is 9.73 Å². The number of anilines is 1. The molecule has 0 fully saturated rings. The van der Waals surface area contributed by atoms with Gasteiger partial charge in [-0.15, -0.1) is 0 Å². The van der Waals surface area contributed by atoms with Crippen LogP contribution in [0.15, 0.2) is 22.7 Å². The molecule has 0 saturated carbocycles. The largest absolute Gasteiger partial charge is 0.465 e. The SMILES string of the molecule is Cc1cnc(C)c(NCc2ccc(C)o2)n1. The Bertz CT molecular complexity index is 491. The second-order valence-electron chi connectivity index (χ2n) is 3.81. The molecule has 0 aliphatic heterocycles. The Hall–Kier alpha value is -1.84. The van der Waals surface area contributed by atoms with Crippen LogP contribution < -0.4 is 5.32 Å². The number of furan rings is 1. The van der Waals surface area contributed by atoms with Crippen molar-refractivity contribution in [1.29, 1.82) is 0 Å². The maximum absolute atomic E-state index is 5.46. The summed E-state index contributed by atoms with van der Waals surface area (Å²) in [6.45, 7) is 6.42. The van der Waals surface area contributed by atoms with Crippen LogP contribution in [0.3, 0.4) is 0 Å². The highest BCUT2D eigenvalue weighted by atomic mass is 16.3. The number of nitrogens with one attached hydrogen (secondary N) is 1. The van der Waals surface area contributed by atoms with Crippen LogP contribution in [0.1, 0.15) is 22.9 Å². The van der Waals surface area contributed by atoms with E-state index in [2.05, 4.69) is 15.3 Å². The Balaban J connectivity index is 2.07. The highest BCUT2D eigenvalue weighted by Crippen LogP contribution is 2.12. The number of nitrogens with zero attached hydrogens (tertiary/aromatic N) is 2. The smallest absolute Gasteiger partial charge is 0.148 e. The summed E-state index contributed by atoms with van der Waals surface area (Å²) in [4.78, 5) is 8.62. The minimum absolute atomic E-state index is 0.632. The maximum Gasteiger partial charge on any atom is 0.148 e. The van der Waals surface area contributed by atoms with Gasteiger partial charge >= 0.3 is 0 Å². The van der Waals surface area contributed by atoms with Gasteiger partial charge in [0, 0.05) is 6.20 Å². The fourth-order valence-corrected chi connectivity index (χ4v) is 1.46. The molecule has 1 N–H and O–H groups in total. The van der Waals surface area contributed by atoms with Gasteiger partial charge in [-0.05, 0) is 32.9 Å². The molecule has 0 saturated heterocycles. The molecule has 16 heavy (non-hydrogen) atoms. The molecule has 4 nitrogen and oxygen atoms in total. The lowest BCUT2D eigenvalue weighted by Gasteiger charge is -2.06. The molecule has 0 aliphatic rings. The van der Waals surface area contributed by atoms with E-state index in [1.54, 1.807) is 6.20 Å². The van der Waals surface area contributed by atoms with Crippen molar-refractivity contribution in [2.75, 3.05) is 5.32 Å². The summed E-state index contributed by atoms with van der Waals surface area (Å²) in [6, 6.07) is 3.91. The zero-order valence-electron chi connectivity index (χ0n) is 9.74. The summed E-state index contributed by atoms with van der Waals surface area (Å²) in [5.41, 5.74) is 1.80. The third-order valence-electron chi connectivity index (χ3n) is 2.30. The quantitative estimate of drug-likeness (QED) is 0.858. The van der Waals surface area contributed by atoms with Crippen LogP contribution in [0.2, 0.25) is 0 Å². The first-order valence-corrected chi connectivity index (χ1v) is 5.24. The molecule has 0 aliphatic carbocycles. The van der Waals surface area contributed by atoms with E-state index in [-0.39, 0.29) is 0 Å². The van der Waals surface area contributed by atoms with E-state index < -0.39 is 0 Å². The van der Waals surface area contributed by atoms with E-state index >= 15 is 0 Å². The van der Waals surface area contributed by atoms with E-state index in [1.165, 1.54) is 0 Å². The number of aromatic nitrogens is 2. The summed E-state index contributed by atoms with van der Waals surface area (Å²) in [5, 5.41) is 3.22. The number of aryl methyl sites for hydroxylation is 3. The van der Waals surface area contributed by atoms with Crippen molar-refractivity contribution >= 4 is 5.82 Å². The minimum Gasteiger partial charge on any atom is -0.465 e. The van der Waals surface area contributed by atoms with Crippen LogP contribution in [-0.2, 0) is 6.54 Å². The molecule has 0 aromatic carbocycles. The van der Waals surface area contributed by atoms with Crippen LogP contribution >= 0.6 is 0 Å². The van der Waals surface area contributed by atoms with Gasteiger partial charge in [0.15, 0.2) is 0 Å². The van der Waals surface area contributed by atoms with Crippen LogP contribution in [0.4, 0.5) is 5.82 Å². The molecule has 0 unspecified atom stereocenters. The van der Waals surface area contributed by atoms with Gasteiger partial charge in [0.25, 0.3) is 0 Å². The molecule has 4 heteroatoms. The van der Waals surface area contributed by atoms with E-state index in [9.17, 15) is 0 Å². The second kappa shape index (κ2) is 4.35. The molecule has 2 aromatic rings. The number of hydrogen-bond acceptors (Lipinski definition) is 4. The predicted octanol–water partition coefficient (Wildman–Crippen LogP) is 2.61. The van der Waals surface area contributed by atoms with Crippen molar-refractivity contribution in [2.24, 2.45) is 0 Å². The van der Waals surface area contributed by atoms with Crippen LogP contribution in [0, 0.1) is 20.8 Å². The second-order valence-corrected chi connectivity index (χ2v) is 3.81. The monoisotopic (exact) mass is 217 g/mol. The van der Waals surface area contributed by atoms with Crippen LogP contribution in [0.25, 0.3) is 0 Å². The fraction of sp³-hybridized carbons (Fsp3) is 0.333. The first-order chi connectivity index (χ1) is 7.65. The molecule has 0 bridgehead atoms. The molecule has 2 aromatic heterocycles. The lowest BCUT2D eigenvalue weighted by molar-refractivity contribution is 0.490. The van der Waals surface area contributed by atoms with E-state index in [4.69, 9.17) is 4.42 Å². The summed E-state index contributed by atoms with van der Waals surface area (Å²) < 4.78 is 5.46. The Labute approximate surface area is 94.7 Å². The molecular weight excluding hydrogens is 202 g/mol. The van der Waals surface area contributed by atoms with Crippen LogP contribution in [-0.4, -0.2) is 9.97 Å². The standard InChI is InChI=1S/C12H15N3O/c1-8-6-13-10(3)12(15-8)14-7-11-5-4-9(2)16-11/h4-6H,7H2,1-3H3,(H,14,15). The van der Waals surface area contributed by atoms with Crippen molar-refractivity contribution in [1.82, 2.24) is 9.97 Å². The Kier molecular flexibility index (Phi) is 2.90. The van der Waals surface area contributed by atoms with E-state index in [0.717, 1.165) is 28.7 Å². The molecule has 0 radical (unpaired) electrons. The Morgan fingerprint density at radius 3 is 2.75 bits per heavy atom. The molecule has 0 amide bonds. The summed E-state index contributed by atoms with van der Waals surface area (Å²) >= 11 is 0. The van der Waals surface area contributed by atoms with Gasteiger partial charge in [0.1, 0.15) is 17.3 Å². The lowest BCUT2D eigenvalue weighted by Crippen LogP contribution is -2.04. The summed E-state index contributed by atoms with van der Waals surface area (Å²) in [5.74, 6) is 2.64.